The van der Waals surface area contributed by atoms with Gasteiger partial charge in [-0.05, 0) is 36.8 Å². The predicted molar refractivity (Wildman–Crippen MR) is 104 cm³/mol. The zero-order valence-corrected chi connectivity index (χ0v) is 15.7. The molecule has 0 radical (unpaired) electrons. The van der Waals surface area contributed by atoms with Crippen molar-refractivity contribution in [3.63, 3.8) is 0 Å². The van der Waals surface area contributed by atoms with Crippen LogP contribution in [-0.2, 0) is 19.6 Å². The Morgan fingerprint density at radius 1 is 1.19 bits per heavy atom. The fraction of sp³-hybridized carbons (Fsp3) is 0.235. The van der Waals surface area contributed by atoms with Crippen LogP contribution in [0.15, 0.2) is 42.9 Å². The number of hydrogen-bond donors (Lipinski definition) is 2. The van der Waals surface area contributed by atoms with Crippen LogP contribution in [0.4, 0.5) is 10.2 Å². The second-order valence-corrected chi connectivity index (χ2v) is 6.48. The Balaban J connectivity index is 1.56. The highest BCUT2D eigenvalue weighted by Crippen LogP contribution is 2.20. The summed E-state index contributed by atoms with van der Waals surface area (Å²) in [4.78, 5) is 0. The van der Waals surface area contributed by atoms with E-state index in [1.54, 1.807) is 29.2 Å². The summed E-state index contributed by atoms with van der Waals surface area (Å²) < 4.78 is 16.5. The van der Waals surface area contributed by atoms with E-state index in [-0.39, 0.29) is 5.82 Å². The van der Waals surface area contributed by atoms with E-state index in [9.17, 15) is 4.39 Å². The first-order valence-electron chi connectivity index (χ1n) is 8.07. The number of nitrogens with one attached hydrogen (secondary N) is 2. The van der Waals surface area contributed by atoms with Gasteiger partial charge in [0.1, 0.15) is 10.8 Å². The van der Waals surface area contributed by atoms with Crippen LogP contribution >= 0.6 is 23.8 Å². The summed E-state index contributed by atoms with van der Waals surface area (Å²) in [5.41, 5.74) is 1.95. The van der Waals surface area contributed by atoms with Crippen LogP contribution in [0.5, 0.6) is 0 Å². The Labute approximate surface area is 161 Å². The molecule has 0 spiro atoms. The van der Waals surface area contributed by atoms with Crippen LogP contribution in [-0.4, -0.2) is 24.7 Å². The largest absolute Gasteiger partial charge is 0.358 e. The molecule has 9 heteroatoms. The van der Waals surface area contributed by atoms with Crippen LogP contribution in [0.3, 0.4) is 0 Å². The highest BCUT2D eigenvalue weighted by atomic mass is 35.5. The van der Waals surface area contributed by atoms with Crippen LogP contribution in [0, 0.1) is 5.82 Å². The van der Waals surface area contributed by atoms with E-state index in [1.807, 2.05) is 17.8 Å². The summed E-state index contributed by atoms with van der Waals surface area (Å²) in [7, 11) is 0. The number of nitrogens with zero attached hydrogens (tertiary/aromatic N) is 4. The molecule has 6 nitrogen and oxygen atoms in total. The number of aryl methyl sites for hydroxylation is 1. The fourth-order valence-corrected chi connectivity index (χ4v) is 2.71. The molecule has 0 atom stereocenters. The topological polar surface area (TPSA) is 59.7 Å². The number of thiocarbonyl (C=S) groups is 1. The molecule has 0 fully saturated rings. The molecule has 0 unspecified atom stereocenters. The lowest BCUT2D eigenvalue weighted by Crippen LogP contribution is -2.28. The lowest BCUT2D eigenvalue weighted by Gasteiger charge is -2.07. The first kappa shape index (κ1) is 18.3. The van der Waals surface area contributed by atoms with Gasteiger partial charge in [-0.2, -0.15) is 10.2 Å². The molecule has 0 saturated heterocycles. The Morgan fingerprint density at radius 2 is 1.96 bits per heavy atom. The number of halogens is 2. The number of hydrogen-bond acceptors (Lipinski definition) is 3. The van der Waals surface area contributed by atoms with Gasteiger partial charge in [-0.25, -0.2) is 4.39 Å². The number of rotatable bonds is 6. The minimum Gasteiger partial charge on any atom is -0.358 e. The lowest BCUT2D eigenvalue weighted by atomic mass is 10.2. The fourth-order valence-electron chi connectivity index (χ4n) is 2.34. The minimum atomic E-state index is -0.268. The molecule has 0 saturated carbocycles. The van der Waals surface area contributed by atoms with Crippen molar-refractivity contribution in [1.29, 1.82) is 0 Å². The van der Waals surface area contributed by atoms with E-state index in [0.717, 1.165) is 17.7 Å². The SMILES string of the molecule is CCn1cc(CNC(=S)Nc2nn(Cc3ccc(F)cc3)cc2Cl)cn1. The molecule has 2 heterocycles. The minimum absolute atomic E-state index is 0.268. The highest BCUT2D eigenvalue weighted by molar-refractivity contribution is 7.80. The molecule has 1 aromatic carbocycles. The molecular weight excluding hydrogens is 375 g/mol. The monoisotopic (exact) mass is 392 g/mol. The van der Waals surface area contributed by atoms with Gasteiger partial charge in [0.25, 0.3) is 0 Å². The van der Waals surface area contributed by atoms with E-state index < -0.39 is 0 Å². The van der Waals surface area contributed by atoms with Gasteiger partial charge in [-0.15, -0.1) is 0 Å². The maximum atomic E-state index is 13.0. The smallest absolute Gasteiger partial charge is 0.173 e. The first-order valence-corrected chi connectivity index (χ1v) is 8.85. The van der Waals surface area contributed by atoms with Gasteiger partial charge in [-0.1, -0.05) is 23.7 Å². The second kappa shape index (κ2) is 8.29. The average Bonchev–Trinajstić information content (AvgIpc) is 3.22. The van der Waals surface area contributed by atoms with Gasteiger partial charge in [0, 0.05) is 31.0 Å². The molecule has 0 aliphatic heterocycles. The van der Waals surface area contributed by atoms with Crippen molar-refractivity contribution >= 4 is 34.7 Å². The summed E-state index contributed by atoms with van der Waals surface area (Å²) in [6, 6.07) is 6.25. The third kappa shape index (κ3) is 4.80. The third-order valence-corrected chi connectivity index (χ3v) is 4.19. The van der Waals surface area contributed by atoms with Crippen molar-refractivity contribution in [3.8, 4) is 0 Å². The van der Waals surface area contributed by atoms with Crippen molar-refractivity contribution in [1.82, 2.24) is 24.9 Å². The summed E-state index contributed by atoms with van der Waals surface area (Å²) in [5.74, 6) is 0.200. The lowest BCUT2D eigenvalue weighted by molar-refractivity contribution is 0.624. The predicted octanol–water partition coefficient (Wildman–Crippen LogP) is 3.43. The van der Waals surface area contributed by atoms with E-state index in [1.165, 1.54) is 12.1 Å². The summed E-state index contributed by atoms with van der Waals surface area (Å²) >= 11 is 11.5. The molecule has 3 aromatic rings. The summed E-state index contributed by atoms with van der Waals surface area (Å²) in [6.07, 6.45) is 5.45. The molecule has 0 bridgehead atoms. The standard InChI is InChI=1S/C17H18ClFN6S/c1-2-24-10-13(8-21-24)7-20-17(26)22-16-15(18)11-25(23-16)9-12-3-5-14(19)6-4-12/h3-6,8,10-11H,2,7,9H2,1H3,(H2,20,22,23,26). The molecular formula is C17H18ClFN6S. The maximum absolute atomic E-state index is 13.0. The van der Waals surface area contributed by atoms with Crippen molar-refractivity contribution in [2.45, 2.75) is 26.6 Å². The Kier molecular flexibility index (Phi) is 5.85. The van der Waals surface area contributed by atoms with Crippen molar-refractivity contribution in [2.24, 2.45) is 0 Å². The number of anilines is 1. The number of benzene rings is 1. The zero-order valence-electron chi connectivity index (χ0n) is 14.1. The number of aromatic nitrogens is 4. The van der Waals surface area contributed by atoms with Gasteiger partial charge < -0.3 is 10.6 Å². The molecule has 0 amide bonds. The van der Waals surface area contributed by atoms with E-state index in [2.05, 4.69) is 20.8 Å². The van der Waals surface area contributed by atoms with Crippen LogP contribution in [0.25, 0.3) is 0 Å². The van der Waals surface area contributed by atoms with Gasteiger partial charge in [-0.3, -0.25) is 9.36 Å². The van der Waals surface area contributed by atoms with E-state index in [4.69, 9.17) is 23.8 Å². The first-order chi connectivity index (χ1) is 12.5. The van der Waals surface area contributed by atoms with Crippen molar-refractivity contribution < 1.29 is 4.39 Å². The molecule has 26 heavy (non-hydrogen) atoms. The van der Waals surface area contributed by atoms with Crippen LogP contribution < -0.4 is 10.6 Å². The zero-order chi connectivity index (χ0) is 18.5. The van der Waals surface area contributed by atoms with Gasteiger partial charge >= 0.3 is 0 Å². The maximum Gasteiger partial charge on any atom is 0.173 e. The van der Waals surface area contributed by atoms with Gasteiger partial charge in [0.2, 0.25) is 0 Å². The van der Waals surface area contributed by atoms with Crippen molar-refractivity contribution in [3.05, 3.63) is 64.8 Å². The molecule has 2 aromatic heterocycles. The van der Waals surface area contributed by atoms with Gasteiger partial charge in [0.15, 0.2) is 10.9 Å². The highest BCUT2D eigenvalue weighted by Gasteiger charge is 2.09. The Morgan fingerprint density at radius 3 is 2.65 bits per heavy atom. The third-order valence-electron chi connectivity index (χ3n) is 3.67. The molecule has 3 rings (SSSR count). The molecule has 0 aliphatic rings. The summed E-state index contributed by atoms with van der Waals surface area (Å²) in [5, 5.41) is 15.5. The van der Waals surface area contributed by atoms with Crippen LogP contribution in [0.2, 0.25) is 5.02 Å². The molecule has 136 valence electrons. The quantitative estimate of drug-likeness (QED) is 0.629. The molecule has 0 aliphatic carbocycles. The Bertz CT molecular complexity index is 889. The van der Waals surface area contributed by atoms with E-state index in [0.29, 0.717) is 29.0 Å². The molecule has 2 N–H and O–H groups in total. The Hall–Kier alpha value is -2.45. The normalized spacial score (nSPS) is 10.7. The van der Waals surface area contributed by atoms with E-state index >= 15 is 0 Å². The summed E-state index contributed by atoms with van der Waals surface area (Å²) in [6.45, 7) is 3.89. The van der Waals surface area contributed by atoms with Gasteiger partial charge in [0.05, 0.1) is 12.7 Å². The van der Waals surface area contributed by atoms with Crippen LogP contribution in [0.1, 0.15) is 18.1 Å². The average molecular weight is 393 g/mol. The second-order valence-electron chi connectivity index (χ2n) is 5.66. The van der Waals surface area contributed by atoms with Crippen molar-refractivity contribution in [2.75, 3.05) is 5.32 Å².